The maximum absolute atomic E-state index is 6.20. The van der Waals surface area contributed by atoms with Crippen molar-refractivity contribution in [2.24, 2.45) is 0 Å². The summed E-state index contributed by atoms with van der Waals surface area (Å²) in [4.78, 5) is 0. The first-order chi connectivity index (χ1) is 10.1. The lowest BCUT2D eigenvalue weighted by molar-refractivity contribution is -0.00487. The minimum atomic E-state index is -0.118. The van der Waals surface area contributed by atoms with E-state index in [1.165, 1.54) is 0 Å². The van der Waals surface area contributed by atoms with E-state index < -0.39 is 0 Å². The molecule has 0 saturated carbocycles. The standard InChI is InChI=1S/C16H18ClN3O/c1-4-5-6-15-13-9-12(17)7-8-14(13)20-11(3)18-19-16(20)10(2)21-15/h4-5,7-10,15H,6H2,1-3H3/b5-4-. The van der Waals surface area contributed by atoms with E-state index in [1.54, 1.807) is 0 Å². The van der Waals surface area contributed by atoms with Crippen molar-refractivity contribution in [3.05, 3.63) is 52.6 Å². The molecule has 3 rings (SSSR count). The second-order valence-electron chi connectivity index (χ2n) is 5.22. The molecular formula is C16H18ClN3O. The van der Waals surface area contributed by atoms with E-state index in [1.807, 2.05) is 45.0 Å². The van der Waals surface area contributed by atoms with Gasteiger partial charge < -0.3 is 4.74 Å². The van der Waals surface area contributed by atoms with E-state index >= 15 is 0 Å². The van der Waals surface area contributed by atoms with Crippen molar-refractivity contribution in [1.29, 1.82) is 0 Å². The van der Waals surface area contributed by atoms with Crippen molar-refractivity contribution in [2.45, 2.75) is 39.4 Å². The number of aryl methyl sites for hydroxylation is 1. The van der Waals surface area contributed by atoms with Gasteiger partial charge in [0.2, 0.25) is 0 Å². The number of benzene rings is 1. The molecule has 0 aliphatic carbocycles. The third-order valence-corrected chi connectivity index (χ3v) is 3.98. The zero-order valence-corrected chi connectivity index (χ0v) is 13.1. The number of ether oxygens (including phenoxy) is 1. The van der Waals surface area contributed by atoms with Gasteiger partial charge in [0.25, 0.3) is 0 Å². The normalized spacial score (nSPS) is 21.1. The number of hydrogen-bond acceptors (Lipinski definition) is 3. The number of aromatic nitrogens is 3. The Balaban J connectivity index is 2.20. The highest BCUT2D eigenvalue weighted by Gasteiger charge is 2.29. The predicted molar refractivity (Wildman–Crippen MR) is 82.8 cm³/mol. The summed E-state index contributed by atoms with van der Waals surface area (Å²) >= 11 is 6.19. The molecule has 4 nitrogen and oxygen atoms in total. The van der Waals surface area contributed by atoms with E-state index in [9.17, 15) is 0 Å². The lowest BCUT2D eigenvalue weighted by atomic mass is 10.0. The SMILES string of the molecule is C/C=C\CC1OC(C)c2nnc(C)n2-c2ccc(Cl)cc21. The number of hydrogen-bond donors (Lipinski definition) is 0. The predicted octanol–water partition coefficient (Wildman–Crippen LogP) is 4.33. The maximum atomic E-state index is 6.20. The molecule has 2 heterocycles. The Bertz CT molecular complexity index is 693. The molecule has 1 aromatic carbocycles. The van der Waals surface area contributed by atoms with Crippen LogP contribution in [0.3, 0.4) is 0 Å². The van der Waals surface area contributed by atoms with Crippen LogP contribution >= 0.6 is 11.6 Å². The zero-order chi connectivity index (χ0) is 15.0. The lowest BCUT2D eigenvalue weighted by Crippen LogP contribution is -2.06. The molecule has 2 atom stereocenters. The minimum absolute atomic E-state index is 0.0361. The zero-order valence-electron chi connectivity index (χ0n) is 12.4. The highest BCUT2D eigenvalue weighted by molar-refractivity contribution is 6.30. The van der Waals surface area contributed by atoms with Crippen LogP contribution in [0, 0.1) is 6.92 Å². The molecular weight excluding hydrogens is 286 g/mol. The fourth-order valence-corrected chi connectivity index (χ4v) is 2.93. The molecule has 0 fully saturated rings. The summed E-state index contributed by atoms with van der Waals surface area (Å²) in [5.74, 6) is 1.69. The van der Waals surface area contributed by atoms with Crippen molar-refractivity contribution in [3.63, 3.8) is 0 Å². The van der Waals surface area contributed by atoms with E-state index in [4.69, 9.17) is 16.3 Å². The average molecular weight is 304 g/mol. The van der Waals surface area contributed by atoms with Gasteiger partial charge in [0.05, 0.1) is 11.8 Å². The van der Waals surface area contributed by atoms with Crippen LogP contribution in [0.4, 0.5) is 0 Å². The minimum Gasteiger partial charge on any atom is -0.362 e. The molecule has 1 aromatic heterocycles. The molecule has 0 radical (unpaired) electrons. The number of allylic oxidation sites excluding steroid dienone is 1. The monoisotopic (exact) mass is 303 g/mol. The Morgan fingerprint density at radius 3 is 2.95 bits per heavy atom. The summed E-state index contributed by atoms with van der Waals surface area (Å²) in [6.07, 6.45) is 4.81. The quantitative estimate of drug-likeness (QED) is 0.775. The number of halogens is 1. The van der Waals surface area contributed by atoms with Crippen molar-refractivity contribution < 1.29 is 4.74 Å². The largest absolute Gasteiger partial charge is 0.362 e. The molecule has 21 heavy (non-hydrogen) atoms. The highest BCUT2D eigenvalue weighted by Crippen LogP contribution is 2.38. The van der Waals surface area contributed by atoms with Gasteiger partial charge in [-0.05, 0) is 45.4 Å². The molecule has 2 unspecified atom stereocenters. The van der Waals surface area contributed by atoms with E-state index in [0.29, 0.717) is 5.02 Å². The molecule has 0 bridgehead atoms. The molecule has 110 valence electrons. The van der Waals surface area contributed by atoms with Crippen molar-refractivity contribution in [3.8, 4) is 5.69 Å². The van der Waals surface area contributed by atoms with Crippen LogP contribution in [0.15, 0.2) is 30.4 Å². The van der Waals surface area contributed by atoms with Crippen LogP contribution in [-0.4, -0.2) is 14.8 Å². The van der Waals surface area contributed by atoms with Crippen LogP contribution in [0.25, 0.3) is 5.69 Å². The fourth-order valence-electron chi connectivity index (χ4n) is 2.75. The molecule has 0 saturated heterocycles. The third-order valence-electron chi connectivity index (χ3n) is 3.75. The van der Waals surface area contributed by atoms with Gasteiger partial charge in [-0.2, -0.15) is 0 Å². The van der Waals surface area contributed by atoms with Gasteiger partial charge in [-0.3, -0.25) is 4.57 Å². The van der Waals surface area contributed by atoms with Gasteiger partial charge in [-0.15, -0.1) is 10.2 Å². The highest BCUT2D eigenvalue weighted by atomic mass is 35.5. The Morgan fingerprint density at radius 2 is 2.19 bits per heavy atom. The summed E-state index contributed by atoms with van der Waals surface area (Å²) in [5.41, 5.74) is 2.13. The summed E-state index contributed by atoms with van der Waals surface area (Å²) in [5, 5.41) is 9.17. The van der Waals surface area contributed by atoms with Crippen LogP contribution < -0.4 is 0 Å². The first-order valence-corrected chi connectivity index (χ1v) is 7.48. The average Bonchev–Trinajstić information content (AvgIpc) is 2.80. The topological polar surface area (TPSA) is 39.9 Å². The second kappa shape index (κ2) is 5.62. The summed E-state index contributed by atoms with van der Waals surface area (Å²) in [7, 11) is 0. The number of rotatable bonds is 2. The van der Waals surface area contributed by atoms with Crippen molar-refractivity contribution >= 4 is 11.6 Å². The summed E-state index contributed by atoms with van der Waals surface area (Å²) in [6, 6.07) is 5.89. The summed E-state index contributed by atoms with van der Waals surface area (Å²) in [6.45, 7) is 5.97. The summed E-state index contributed by atoms with van der Waals surface area (Å²) < 4.78 is 8.26. The molecule has 0 N–H and O–H groups in total. The lowest BCUT2D eigenvalue weighted by Gasteiger charge is -2.19. The van der Waals surface area contributed by atoms with Crippen LogP contribution in [-0.2, 0) is 4.74 Å². The molecule has 1 aliphatic rings. The molecule has 0 spiro atoms. The first-order valence-electron chi connectivity index (χ1n) is 7.10. The second-order valence-corrected chi connectivity index (χ2v) is 5.65. The van der Waals surface area contributed by atoms with Crippen LogP contribution in [0.5, 0.6) is 0 Å². The molecule has 1 aliphatic heterocycles. The van der Waals surface area contributed by atoms with E-state index in [-0.39, 0.29) is 12.2 Å². The fraction of sp³-hybridized carbons (Fsp3) is 0.375. The molecule has 5 heteroatoms. The van der Waals surface area contributed by atoms with Gasteiger partial charge in [-0.25, -0.2) is 0 Å². The van der Waals surface area contributed by atoms with Gasteiger partial charge in [0.15, 0.2) is 5.82 Å². The van der Waals surface area contributed by atoms with Crippen molar-refractivity contribution in [2.75, 3.05) is 0 Å². The third kappa shape index (κ3) is 2.49. The van der Waals surface area contributed by atoms with Gasteiger partial charge in [-0.1, -0.05) is 23.8 Å². The van der Waals surface area contributed by atoms with Gasteiger partial charge >= 0.3 is 0 Å². The van der Waals surface area contributed by atoms with Crippen molar-refractivity contribution in [1.82, 2.24) is 14.8 Å². The van der Waals surface area contributed by atoms with Crippen LogP contribution in [0.2, 0.25) is 5.02 Å². The molecule has 0 amide bonds. The Morgan fingerprint density at radius 1 is 1.38 bits per heavy atom. The Hall–Kier alpha value is -1.65. The number of fused-ring (bicyclic) bond motifs is 3. The maximum Gasteiger partial charge on any atom is 0.166 e. The van der Waals surface area contributed by atoms with Gasteiger partial charge in [0.1, 0.15) is 11.9 Å². The first kappa shape index (κ1) is 14.3. The smallest absolute Gasteiger partial charge is 0.166 e. The van der Waals surface area contributed by atoms with Crippen LogP contribution in [0.1, 0.15) is 49.7 Å². The van der Waals surface area contributed by atoms with E-state index in [2.05, 4.69) is 20.8 Å². The molecule has 2 aromatic rings. The van der Waals surface area contributed by atoms with E-state index in [0.717, 1.165) is 29.3 Å². The number of nitrogens with zero attached hydrogens (tertiary/aromatic N) is 3. The van der Waals surface area contributed by atoms with Gasteiger partial charge in [0, 0.05) is 10.6 Å². The Labute approximate surface area is 129 Å². The Kier molecular flexibility index (Phi) is 3.83.